The van der Waals surface area contributed by atoms with E-state index < -0.39 is 11.8 Å². The van der Waals surface area contributed by atoms with Crippen LogP contribution in [0.5, 0.6) is 11.5 Å². The highest BCUT2D eigenvalue weighted by atomic mass is 19.1. The van der Waals surface area contributed by atoms with Crippen LogP contribution in [0.1, 0.15) is 36.0 Å². The van der Waals surface area contributed by atoms with Crippen LogP contribution in [-0.2, 0) is 9.53 Å². The van der Waals surface area contributed by atoms with E-state index in [0.717, 1.165) is 12.1 Å². The molecule has 0 saturated heterocycles. The fourth-order valence-electron chi connectivity index (χ4n) is 2.72. The van der Waals surface area contributed by atoms with Crippen molar-refractivity contribution in [3.05, 3.63) is 23.5 Å². The zero-order valence-electron chi connectivity index (χ0n) is 13.0. The molecule has 1 fully saturated rings. The molecule has 0 radical (unpaired) electrons. The van der Waals surface area contributed by atoms with Gasteiger partial charge in [0.25, 0.3) is 0 Å². The van der Waals surface area contributed by atoms with Gasteiger partial charge in [-0.25, -0.2) is 9.18 Å². The van der Waals surface area contributed by atoms with Crippen LogP contribution in [0.3, 0.4) is 0 Å². The molecule has 1 aromatic carbocycles. The van der Waals surface area contributed by atoms with Crippen molar-refractivity contribution in [1.82, 2.24) is 0 Å². The van der Waals surface area contributed by atoms with Crippen LogP contribution in [0.4, 0.5) is 4.39 Å². The summed E-state index contributed by atoms with van der Waals surface area (Å²) in [4.78, 5) is 22.7. The smallest absolute Gasteiger partial charge is 0.339 e. The number of carbonyl (C=O) groups is 2. The second-order valence-corrected chi connectivity index (χ2v) is 5.40. The highest BCUT2D eigenvalue weighted by molar-refractivity contribution is 5.91. The number of hydrogen-bond donors (Lipinski definition) is 1. The van der Waals surface area contributed by atoms with Crippen molar-refractivity contribution in [3.8, 4) is 11.5 Å². The predicted octanol–water partition coefficient (Wildman–Crippen LogP) is 2.64. The van der Waals surface area contributed by atoms with E-state index in [0.29, 0.717) is 25.7 Å². The molecule has 1 aliphatic rings. The molecular weight excluding hydrogens is 307 g/mol. The quantitative estimate of drug-likeness (QED) is 0.838. The molecule has 1 aliphatic carbocycles. The van der Waals surface area contributed by atoms with Gasteiger partial charge in [0, 0.05) is 12.1 Å². The lowest BCUT2D eigenvalue weighted by molar-refractivity contribution is -0.147. The SMILES string of the molecule is COC(=O)C1CCC(Oc2cc(C(=O)O)c(OC)cc2F)CC1. The summed E-state index contributed by atoms with van der Waals surface area (Å²) in [6.45, 7) is 0. The van der Waals surface area contributed by atoms with Gasteiger partial charge in [-0.15, -0.1) is 0 Å². The molecule has 7 heteroatoms. The molecule has 0 atom stereocenters. The van der Waals surface area contributed by atoms with E-state index in [1.807, 2.05) is 0 Å². The van der Waals surface area contributed by atoms with E-state index >= 15 is 0 Å². The van der Waals surface area contributed by atoms with Crippen LogP contribution >= 0.6 is 0 Å². The Hall–Kier alpha value is -2.31. The molecule has 0 bridgehead atoms. The molecule has 1 N–H and O–H groups in total. The van der Waals surface area contributed by atoms with Gasteiger partial charge in [0.1, 0.15) is 11.3 Å². The Morgan fingerprint density at radius 3 is 2.30 bits per heavy atom. The number of benzene rings is 1. The number of halogens is 1. The van der Waals surface area contributed by atoms with Gasteiger partial charge in [-0.05, 0) is 25.7 Å². The lowest BCUT2D eigenvalue weighted by Crippen LogP contribution is -2.28. The van der Waals surface area contributed by atoms with Gasteiger partial charge in [-0.2, -0.15) is 0 Å². The zero-order chi connectivity index (χ0) is 17.0. The van der Waals surface area contributed by atoms with Crippen LogP contribution < -0.4 is 9.47 Å². The third kappa shape index (κ3) is 3.91. The Morgan fingerprint density at radius 2 is 1.78 bits per heavy atom. The van der Waals surface area contributed by atoms with Crippen molar-refractivity contribution in [1.29, 1.82) is 0 Å². The lowest BCUT2D eigenvalue weighted by Gasteiger charge is -2.27. The molecule has 0 aromatic heterocycles. The molecule has 23 heavy (non-hydrogen) atoms. The minimum absolute atomic E-state index is 0.0586. The van der Waals surface area contributed by atoms with E-state index in [9.17, 15) is 14.0 Å². The molecule has 1 saturated carbocycles. The Morgan fingerprint density at radius 1 is 1.13 bits per heavy atom. The van der Waals surface area contributed by atoms with Crippen molar-refractivity contribution in [2.75, 3.05) is 14.2 Å². The van der Waals surface area contributed by atoms with Gasteiger partial charge in [0.05, 0.1) is 26.2 Å². The molecule has 0 aliphatic heterocycles. The van der Waals surface area contributed by atoms with Gasteiger partial charge in [-0.3, -0.25) is 4.79 Å². The monoisotopic (exact) mass is 326 g/mol. The van der Waals surface area contributed by atoms with Crippen molar-refractivity contribution < 1.29 is 33.3 Å². The van der Waals surface area contributed by atoms with Crippen LogP contribution in [0.25, 0.3) is 0 Å². The first-order valence-corrected chi connectivity index (χ1v) is 7.31. The van der Waals surface area contributed by atoms with Crippen LogP contribution in [-0.4, -0.2) is 37.4 Å². The first-order valence-electron chi connectivity index (χ1n) is 7.31. The summed E-state index contributed by atoms with van der Waals surface area (Å²) in [6, 6.07) is 2.13. The molecular formula is C16H19FO6. The summed E-state index contributed by atoms with van der Waals surface area (Å²) in [5.41, 5.74) is -0.160. The largest absolute Gasteiger partial charge is 0.496 e. The Kier molecular flexibility index (Phi) is 5.41. The normalized spacial score (nSPS) is 20.7. The average Bonchev–Trinajstić information content (AvgIpc) is 2.56. The van der Waals surface area contributed by atoms with E-state index in [1.165, 1.54) is 14.2 Å². The predicted molar refractivity (Wildman–Crippen MR) is 78.3 cm³/mol. The van der Waals surface area contributed by atoms with Gasteiger partial charge < -0.3 is 19.3 Å². The summed E-state index contributed by atoms with van der Waals surface area (Å²) in [6.07, 6.45) is 2.09. The fourth-order valence-corrected chi connectivity index (χ4v) is 2.72. The number of hydrogen-bond acceptors (Lipinski definition) is 5. The van der Waals surface area contributed by atoms with E-state index in [2.05, 4.69) is 0 Å². The number of carboxylic acids is 1. The minimum atomic E-state index is -1.22. The zero-order valence-corrected chi connectivity index (χ0v) is 13.0. The molecule has 126 valence electrons. The van der Waals surface area contributed by atoms with E-state index in [4.69, 9.17) is 19.3 Å². The standard InChI is InChI=1S/C16H19FO6/c1-21-13-8-12(17)14(7-11(13)15(18)19)23-10-5-3-9(4-6-10)16(20)22-2/h7-10H,3-6H2,1-2H3,(H,18,19). The third-order valence-electron chi connectivity index (χ3n) is 3.99. The number of esters is 1. The Labute approximate surface area is 133 Å². The van der Waals surface area contributed by atoms with E-state index in [-0.39, 0.29) is 35.1 Å². The summed E-state index contributed by atoms with van der Waals surface area (Å²) < 4.78 is 29.2. The van der Waals surface area contributed by atoms with Gasteiger partial charge in [0.2, 0.25) is 0 Å². The maximum Gasteiger partial charge on any atom is 0.339 e. The molecule has 1 aromatic rings. The van der Waals surface area contributed by atoms with E-state index in [1.54, 1.807) is 0 Å². The number of methoxy groups -OCH3 is 2. The first-order chi connectivity index (χ1) is 11.0. The molecule has 0 heterocycles. The molecule has 2 rings (SSSR count). The van der Waals surface area contributed by atoms with Crippen LogP contribution in [0, 0.1) is 11.7 Å². The fraction of sp³-hybridized carbons (Fsp3) is 0.500. The number of carboxylic acid groups (broad SMARTS) is 1. The second kappa shape index (κ2) is 7.30. The molecule has 0 amide bonds. The van der Waals surface area contributed by atoms with Crippen LogP contribution in [0.2, 0.25) is 0 Å². The first kappa shape index (κ1) is 17.1. The lowest BCUT2D eigenvalue weighted by atomic mass is 9.87. The molecule has 0 unspecified atom stereocenters. The maximum absolute atomic E-state index is 14.0. The second-order valence-electron chi connectivity index (χ2n) is 5.40. The Bertz CT molecular complexity index is 592. The van der Waals surface area contributed by atoms with Gasteiger partial charge in [-0.1, -0.05) is 0 Å². The van der Waals surface area contributed by atoms with Crippen molar-refractivity contribution in [2.45, 2.75) is 31.8 Å². The minimum Gasteiger partial charge on any atom is -0.496 e. The molecule has 0 spiro atoms. The summed E-state index contributed by atoms with van der Waals surface area (Å²) in [7, 11) is 2.63. The molecule has 6 nitrogen and oxygen atoms in total. The number of aromatic carboxylic acids is 1. The number of rotatable bonds is 5. The van der Waals surface area contributed by atoms with Crippen LogP contribution in [0.15, 0.2) is 12.1 Å². The highest BCUT2D eigenvalue weighted by Gasteiger charge is 2.28. The summed E-state index contributed by atoms with van der Waals surface area (Å²) in [5, 5.41) is 9.13. The Balaban J connectivity index is 2.08. The average molecular weight is 326 g/mol. The summed E-state index contributed by atoms with van der Waals surface area (Å²) in [5.74, 6) is -2.48. The topological polar surface area (TPSA) is 82.1 Å². The van der Waals surface area contributed by atoms with Crippen molar-refractivity contribution in [2.24, 2.45) is 5.92 Å². The van der Waals surface area contributed by atoms with Crippen molar-refractivity contribution >= 4 is 11.9 Å². The van der Waals surface area contributed by atoms with Gasteiger partial charge in [0.15, 0.2) is 11.6 Å². The number of carbonyl (C=O) groups excluding carboxylic acids is 1. The van der Waals surface area contributed by atoms with Crippen molar-refractivity contribution in [3.63, 3.8) is 0 Å². The maximum atomic E-state index is 14.0. The summed E-state index contributed by atoms with van der Waals surface area (Å²) >= 11 is 0. The highest BCUT2D eigenvalue weighted by Crippen LogP contribution is 2.32. The third-order valence-corrected chi connectivity index (χ3v) is 3.99. The van der Waals surface area contributed by atoms with Gasteiger partial charge >= 0.3 is 11.9 Å². The number of ether oxygens (including phenoxy) is 3.